The molecule has 8 atom stereocenters. The molecule has 1 amide bonds. The summed E-state index contributed by atoms with van der Waals surface area (Å²) in [4.78, 5) is 26.5. The normalized spacial score (nSPS) is 19.6. The summed E-state index contributed by atoms with van der Waals surface area (Å²) in [6, 6.07) is -1.02. The number of hydrogen-bond donors (Lipinski definition) is 6. The van der Waals surface area contributed by atoms with Gasteiger partial charge in [-0.3, -0.25) is 9.59 Å². The monoisotopic (exact) mass is 1050 g/mol. The van der Waals surface area contributed by atoms with Crippen LogP contribution < -0.4 is 5.32 Å². The number of nitrogens with one attached hydrogen (secondary N) is 1. The molecule has 432 valence electrons. The fraction of sp³-hybridized carbons (Fsp3) is 0.841. The summed E-state index contributed by atoms with van der Waals surface area (Å²) in [5.74, 6) is -1.19. The van der Waals surface area contributed by atoms with Gasteiger partial charge in [-0.15, -0.1) is 0 Å². The van der Waals surface area contributed by atoms with Crippen LogP contribution in [0.4, 0.5) is 0 Å². The third-order valence-electron chi connectivity index (χ3n) is 14.5. The zero-order chi connectivity index (χ0) is 54.0. The van der Waals surface area contributed by atoms with Crippen LogP contribution in [0.3, 0.4) is 0 Å². The average molecular weight is 1050 g/mol. The second kappa shape index (κ2) is 51.4. The van der Waals surface area contributed by atoms with Gasteiger partial charge in [0, 0.05) is 6.42 Å². The summed E-state index contributed by atoms with van der Waals surface area (Å²) in [7, 11) is 0. The fourth-order valence-corrected chi connectivity index (χ4v) is 9.54. The lowest BCUT2D eigenvalue weighted by Gasteiger charge is -2.41. The standard InChI is InChI=1S/C63H115NO10/c1-4-7-10-13-16-19-22-24-25-26-27-28-29-30-31-32-33-34-36-39-42-45-48-51-58(68)74-61-60(70)59(69)57(52-65)73-63(61)72-53-54(55(66)49-46-43-40-38-35-23-20-17-14-11-8-5-2)64-62(71)56(67)50-47-44-41-37-21-18-15-12-9-6-3/h16,19,24-25,27-28,46,49,54-57,59-61,63,65-67,69-70H,4-15,17-18,20-23,26,29-45,47-48,50-53H2,1-3H3,(H,64,71)/b19-16-,25-24-,28-27-,49-46+. The molecule has 6 N–H and O–H groups in total. The molecule has 0 saturated carbocycles. The van der Waals surface area contributed by atoms with Crippen LogP contribution in [-0.4, -0.2) is 99.6 Å². The van der Waals surface area contributed by atoms with Gasteiger partial charge in [-0.2, -0.15) is 0 Å². The van der Waals surface area contributed by atoms with Gasteiger partial charge in [0.2, 0.25) is 5.91 Å². The molecule has 0 aromatic carbocycles. The highest BCUT2D eigenvalue weighted by atomic mass is 16.7. The van der Waals surface area contributed by atoms with E-state index in [4.69, 9.17) is 14.2 Å². The number of esters is 1. The Labute approximate surface area is 453 Å². The topological polar surface area (TPSA) is 175 Å². The Balaban J connectivity index is 2.61. The van der Waals surface area contributed by atoms with Gasteiger partial charge in [-0.05, 0) is 64.2 Å². The number of carbonyl (C=O) groups is 2. The summed E-state index contributed by atoms with van der Waals surface area (Å²) >= 11 is 0. The summed E-state index contributed by atoms with van der Waals surface area (Å²) in [6.45, 7) is 5.75. The molecule has 0 radical (unpaired) electrons. The van der Waals surface area contributed by atoms with Crippen molar-refractivity contribution in [1.82, 2.24) is 5.32 Å². The molecule has 1 rings (SSSR count). The maximum Gasteiger partial charge on any atom is 0.306 e. The molecule has 11 nitrogen and oxygen atoms in total. The van der Waals surface area contributed by atoms with Crippen molar-refractivity contribution in [1.29, 1.82) is 0 Å². The van der Waals surface area contributed by atoms with Crippen molar-refractivity contribution in [2.45, 2.75) is 327 Å². The summed E-state index contributed by atoms with van der Waals surface area (Å²) in [5, 5.41) is 56.8. The van der Waals surface area contributed by atoms with E-state index in [1.165, 1.54) is 154 Å². The van der Waals surface area contributed by atoms with E-state index < -0.39 is 67.4 Å². The van der Waals surface area contributed by atoms with E-state index in [9.17, 15) is 35.1 Å². The largest absolute Gasteiger partial charge is 0.454 e. The van der Waals surface area contributed by atoms with Crippen LogP contribution in [0.5, 0.6) is 0 Å². The molecule has 11 heteroatoms. The van der Waals surface area contributed by atoms with E-state index in [1.807, 2.05) is 6.08 Å². The molecule has 0 aliphatic carbocycles. The first-order valence-corrected chi connectivity index (χ1v) is 30.9. The molecule has 0 bridgehead atoms. The predicted octanol–water partition coefficient (Wildman–Crippen LogP) is 14.4. The Morgan fingerprint density at radius 3 is 1.42 bits per heavy atom. The summed E-state index contributed by atoms with van der Waals surface area (Å²) < 4.78 is 17.6. The number of carbonyl (C=O) groups excluding carboxylic acids is 2. The average Bonchev–Trinajstić information content (AvgIpc) is 3.40. The lowest BCUT2D eigenvalue weighted by molar-refractivity contribution is -0.305. The second-order valence-electron chi connectivity index (χ2n) is 21.4. The highest BCUT2D eigenvalue weighted by Crippen LogP contribution is 2.26. The molecule has 1 aliphatic rings. The fourth-order valence-electron chi connectivity index (χ4n) is 9.54. The zero-order valence-corrected chi connectivity index (χ0v) is 47.7. The van der Waals surface area contributed by atoms with Gasteiger partial charge >= 0.3 is 5.97 Å². The molecule has 8 unspecified atom stereocenters. The summed E-state index contributed by atoms with van der Waals surface area (Å²) in [5.41, 5.74) is 0. The van der Waals surface area contributed by atoms with Crippen molar-refractivity contribution in [3.63, 3.8) is 0 Å². The first kappa shape index (κ1) is 69.6. The second-order valence-corrected chi connectivity index (χ2v) is 21.4. The Kier molecular flexibility index (Phi) is 48.3. The quantitative estimate of drug-likeness (QED) is 0.0195. The van der Waals surface area contributed by atoms with Gasteiger partial charge in [0.25, 0.3) is 0 Å². The van der Waals surface area contributed by atoms with Gasteiger partial charge in [0.1, 0.15) is 24.4 Å². The van der Waals surface area contributed by atoms with E-state index in [0.717, 1.165) is 77.0 Å². The Morgan fingerprint density at radius 2 is 0.932 bits per heavy atom. The minimum Gasteiger partial charge on any atom is -0.454 e. The van der Waals surface area contributed by atoms with Crippen LogP contribution in [0.25, 0.3) is 0 Å². The van der Waals surface area contributed by atoms with Crippen LogP contribution in [0.15, 0.2) is 48.6 Å². The smallest absolute Gasteiger partial charge is 0.306 e. The highest BCUT2D eigenvalue weighted by Gasteiger charge is 2.47. The van der Waals surface area contributed by atoms with Crippen molar-refractivity contribution in [3.05, 3.63) is 48.6 Å². The van der Waals surface area contributed by atoms with Gasteiger partial charge < -0.3 is 45.1 Å². The zero-order valence-electron chi connectivity index (χ0n) is 47.7. The number of rotatable bonds is 52. The van der Waals surface area contributed by atoms with Crippen molar-refractivity contribution in [3.8, 4) is 0 Å². The van der Waals surface area contributed by atoms with Crippen LogP contribution in [0, 0.1) is 0 Å². The molecule has 0 aromatic rings. The number of allylic oxidation sites excluding steroid dienone is 7. The van der Waals surface area contributed by atoms with Crippen molar-refractivity contribution >= 4 is 11.9 Å². The minimum absolute atomic E-state index is 0.120. The Hall–Kier alpha value is -2.38. The number of unbranched alkanes of at least 4 members (excludes halogenated alkanes) is 32. The number of hydrogen-bond acceptors (Lipinski definition) is 10. The number of ether oxygens (including phenoxy) is 3. The van der Waals surface area contributed by atoms with E-state index in [0.29, 0.717) is 19.3 Å². The van der Waals surface area contributed by atoms with E-state index in [1.54, 1.807) is 6.08 Å². The minimum atomic E-state index is -1.61. The molecular formula is C63H115NO10. The van der Waals surface area contributed by atoms with E-state index in [2.05, 4.69) is 62.5 Å². The molecule has 1 aliphatic heterocycles. The molecular weight excluding hydrogens is 931 g/mol. The lowest BCUT2D eigenvalue weighted by atomic mass is 9.99. The molecule has 74 heavy (non-hydrogen) atoms. The first-order chi connectivity index (χ1) is 36.2. The SMILES string of the molecule is CCCCC/C=C\C/C=C\C/C=C\CCCCCCCCCCCCC(=O)OC1C(OCC(NC(=O)C(O)CCCCCCCCCCCC)C(O)/C=C/CCCCCCCCCCCC)OC(CO)C(O)C1O. The van der Waals surface area contributed by atoms with E-state index in [-0.39, 0.29) is 13.0 Å². The number of aliphatic hydroxyl groups is 5. The predicted molar refractivity (Wildman–Crippen MR) is 306 cm³/mol. The Bertz CT molecular complexity index is 1390. The molecule has 0 aromatic heterocycles. The van der Waals surface area contributed by atoms with Gasteiger partial charge in [-0.25, -0.2) is 0 Å². The number of amides is 1. The van der Waals surface area contributed by atoms with Crippen LogP contribution in [0.2, 0.25) is 0 Å². The van der Waals surface area contributed by atoms with E-state index >= 15 is 0 Å². The van der Waals surface area contributed by atoms with Crippen molar-refractivity contribution in [2.24, 2.45) is 0 Å². The van der Waals surface area contributed by atoms with Gasteiger partial charge in [0.05, 0.1) is 25.4 Å². The maximum absolute atomic E-state index is 13.3. The molecule has 1 saturated heterocycles. The third kappa shape index (κ3) is 39.1. The maximum atomic E-state index is 13.3. The summed E-state index contributed by atoms with van der Waals surface area (Å²) in [6.07, 6.45) is 51.6. The first-order valence-electron chi connectivity index (χ1n) is 30.9. The van der Waals surface area contributed by atoms with Gasteiger partial charge in [0.15, 0.2) is 12.4 Å². The van der Waals surface area contributed by atoms with Crippen LogP contribution in [-0.2, 0) is 23.8 Å². The van der Waals surface area contributed by atoms with Crippen LogP contribution in [0.1, 0.15) is 278 Å². The lowest BCUT2D eigenvalue weighted by Crippen LogP contribution is -2.61. The van der Waals surface area contributed by atoms with Crippen LogP contribution >= 0.6 is 0 Å². The molecule has 0 spiro atoms. The third-order valence-corrected chi connectivity index (χ3v) is 14.5. The molecule has 1 heterocycles. The Morgan fingerprint density at radius 1 is 0.527 bits per heavy atom. The highest BCUT2D eigenvalue weighted by molar-refractivity contribution is 5.80. The number of aliphatic hydroxyl groups excluding tert-OH is 5. The molecule has 1 fully saturated rings. The van der Waals surface area contributed by atoms with Crippen molar-refractivity contribution < 1.29 is 49.3 Å². The van der Waals surface area contributed by atoms with Gasteiger partial charge in [-0.1, -0.05) is 256 Å². The van der Waals surface area contributed by atoms with Crippen molar-refractivity contribution in [2.75, 3.05) is 13.2 Å².